The number of hydrogen-bond donors (Lipinski definition) is 0. The van der Waals surface area contributed by atoms with Crippen molar-refractivity contribution in [1.29, 1.82) is 0 Å². The molecule has 1 aromatic rings. The number of alkyl halides is 1. The fourth-order valence-electron chi connectivity index (χ4n) is 1.89. The van der Waals surface area contributed by atoms with Gasteiger partial charge in [0.25, 0.3) is 0 Å². The molecule has 112 valence electrons. The summed E-state index contributed by atoms with van der Waals surface area (Å²) in [6.07, 6.45) is 0. The summed E-state index contributed by atoms with van der Waals surface area (Å²) in [6.45, 7) is 5.69. The third-order valence-corrected chi connectivity index (χ3v) is 10.8. The van der Waals surface area contributed by atoms with E-state index in [0.717, 1.165) is 17.7 Å². The third kappa shape index (κ3) is 5.78. The molecule has 0 aliphatic carbocycles. The molecule has 20 heavy (non-hydrogen) atoms. The molecule has 0 heterocycles. The van der Waals surface area contributed by atoms with Crippen molar-refractivity contribution in [2.24, 2.45) is 5.92 Å². The van der Waals surface area contributed by atoms with Crippen molar-refractivity contribution in [3.63, 3.8) is 0 Å². The van der Waals surface area contributed by atoms with Crippen molar-refractivity contribution >= 4 is 34.3 Å². The van der Waals surface area contributed by atoms with Gasteiger partial charge < -0.3 is 0 Å². The zero-order valence-corrected chi connectivity index (χ0v) is 17.3. The molecule has 0 bridgehead atoms. The molecule has 2 nitrogen and oxygen atoms in total. The van der Waals surface area contributed by atoms with E-state index in [0.29, 0.717) is 12.5 Å². The summed E-state index contributed by atoms with van der Waals surface area (Å²) >= 11 is 1.56. The second-order valence-electron chi connectivity index (χ2n) is 5.99. The number of methoxy groups -OCH3 is 1. The van der Waals surface area contributed by atoms with E-state index in [1.165, 1.54) is 9.15 Å². The first-order chi connectivity index (χ1) is 9.38. The van der Waals surface area contributed by atoms with Gasteiger partial charge in [-0.15, -0.1) is 0 Å². The van der Waals surface area contributed by atoms with Crippen molar-refractivity contribution in [1.82, 2.24) is 0 Å². The SMILES string of the molecule is C=[C]([C@@H](CBr)COCc1ccc(OC)cc1)[Sn]([CH3])([CH3])[CH3]. The van der Waals surface area contributed by atoms with Gasteiger partial charge in [-0.05, 0) is 0 Å². The van der Waals surface area contributed by atoms with E-state index >= 15 is 0 Å². The van der Waals surface area contributed by atoms with Crippen LogP contribution in [0.15, 0.2) is 34.4 Å². The second kappa shape index (κ2) is 8.44. The molecule has 0 radical (unpaired) electrons. The van der Waals surface area contributed by atoms with Gasteiger partial charge in [0.2, 0.25) is 0 Å². The quantitative estimate of drug-likeness (QED) is 0.426. The topological polar surface area (TPSA) is 18.5 Å². The van der Waals surface area contributed by atoms with E-state index in [1.807, 2.05) is 24.3 Å². The van der Waals surface area contributed by atoms with Crippen molar-refractivity contribution in [3.8, 4) is 5.75 Å². The Morgan fingerprint density at radius 2 is 1.85 bits per heavy atom. The third-order valence-electron chi connectivity index (χ3n) is 3.39. The van der Waals surface area contributed by atoms with E-state index < -0.39 is 18.4 Å². The zero-order chi connectivity index (χ0) is 15.2. The van der Waals surface area contributed by atoms with Crippen LogP contribution in [0.1, 0.15) is 5.56 Å². The number of hydrogen-bond acceptors (Lipinski definition) is 2. The minimum absolute atomic E-state index is 0.434. The summed E-state index contributed by atoms with van der Waals surface area (Å²) in [5, 5.41) is 0.933. The van der Waals surface area contributed by atoms with Gasteiger partial charge in [-0.2, -0.15) is 0 Å². The van der Waals surface area contributed by atoms with E-state index in [1.54, 1.807) is 7.11 Å². The monoisotopic (exact) mass is 448 g/mol. The summed E-state index contributed by atoms with van der Waals surface area (Å²) < 4.78 is 12.4. The number of benzene rings is 1. The van der Waals surface area contributed by atoms with Crippen molar-refractivity contribution in [2.45, 2.75) is 21.4 Å². The molecule has 4 heteroatoms. The number of ether oxygens (including phenoxy) is 2. The fraction of sp³-hybridized carbons (Fsp3) is 0.500. The molecule has 1 atom stereocenters. The predicted octanol–water partition coefficient (Wildman–Crippen LogP) is 4.66. The Kier molecular flexibility index (Phi) is 7.62. The molecular formula is C16H25BrO2Sn. The molecule has 0 aliphatic heterocycles. The molecule has 1 rings (SSSR count). The Labute approximate surface area is 135 Å². The van der Waals surface area contributed by atoms with Crippen LogP contribution in [0.4, 0.5) is 0 Å². The van der Waals surface area contributed by atoms with Gasteiger partial charge in [0.1, 0.15) is 0 Å². The molecule has 0 unspecified atom stereocenters. The Morgan fingerprint density at radius 1 is 1.25 bits per heavy atom. The average molecular weight is 448 g/mol. The van der Waals surface area contributed by atoms with Gasteiger partial charge >= 0.3 is 136 Å². The summed E-state index contributed by atoms with van der Waals surface area (Å²) in [5.74, 6) is 1.31. The van der Waals surface area contributed by atoms with Crippen LogP contribution in [-0.2, 0) is 11.3 Å². The van der Waals surface area contributed by atoms with Crippen LogP contribution in [-0.4, -0.2) is 37.4 Å². The van der Waals surface area contributed by atoms with Crippen LogP contribution in [0.5, 0.6) is 5.75 Å². The normalized spacial score (nSPS) is 13.1. The first kappa shape index (κ1) is 18.0. The van der Waals surface area contributed by atoms with Crippen LogP contribution >= 0.6 is 15.9 Å². The zero-order valence-electron chi connectivity index (χ0n) is 12.9. The van der Waals surface area contributed by atoms with Crippen molar-refractivity contribution in [2.75, 3.05) is 19.0 Å². The Hall–Kier alpha value is -0.00130. The Balaban J connectivity index is 2.47. The van der Waals surface area contributed by atoms with E-state index in [4.69, 9.17) is 9.47 Å². The van der Waals surface area contributed by atoms with Crippen molar-refractivity contribution < 1.29 is 9.47 Å². The van der Waals surface area contributed by atoms with Gasteiger partial charge in [-0.1, -0.05) is 0 Å². The number of rotatable bonds is 8. The maximum atomic E-state index is 5.86. The van der Waals surface area contributed by atoms with E-state index in [2.05, 4.69) is 37.3 Å². The van der Waals surface area contributed by atoms with Gasteiger partial charge in [-0.25, -0.2) is 0 Å². The second-order valence-corrected chi connectivity index (χ2v) is 21.3. The van der Waals surface area contributed by atoms with Crippen LogP contribution < -0.4 is 4.74 Å². The van der Waals surface area contributed by atoms with Gasteiger partial charge in [-0.3, -0.25) is 0 Å². The molecule has 0 fully saturated rings. The maximum absolute atomic E-state index is 5.86. The van der Waals surface area contributed by atoms with Gasteiger partial charge in [0.15, 0.2) is 0 Å². The van der Waals surface area contributed by atoms with E-state index in [-0.39, 0.29) is 0 Å². The fourth-order valence-corrected chi connectivity index (χ4v) is 7.35. The van der Waals surface area contributed by atoms with Gasteiger partial charge in [0, 0.05) is 0 Å². The standard InChI is InChI=1S/C13H16BrO2.3CH3.Sn/c1-3-11(8-14)9-16-10-12-4-6-13(15-2)7-5-12;;;;/h4-7,11H,1,8-10H2,2H3;3*1H3;/t11-;;;;/m0..../s1. The van der Waals surface area contributed by atoms with Crippen LogP contribution in [0.2, 0.25) is 14.8 Å². The Bertz CT molecular complexity index is 423. The van der Waals surface area contributed by atoms with Crippen molar-refractivity contribution in [3.05, 3.63) is 40.0 Å². The summed E-state index contributed by atoms with van der Waals surface area (Å²) in [5.41, 5.74) is 1.17. The molecule has 0 saturated carbocycles. The predicted molar refractivity (Wildman–Crippen MR) is 92.4 cm³/mol. The van der Waals surface area contributed by atoms with E-state index in [9.17, 15) is 0 Å². The number of halogens is 1. The van der Waals surface area contributed by atoms with Crippen LogP contribution in [0.25, 0.3) is 0 Å². The van der Waals surface area contributed by atoms with Crippen LogP contribution in [0, 0.1) is 5.92 Å². The molecular weight excluding hydrogens is 423 g/mol. The first-order valence-electron chi connectivity index (χ1n) is 6.84. The molecule has 0 amide bonds. The Morgan fingerprint density at radius 3 is 2.30 bits per heavy atom. The first-order valence-corrected chi connectivity index (χ1v) is 18.0. The summed E-state index contributed by atoms with van der Waals surface area (Å²) in [6, 6.07) is 8.01. The summed E-state index contributed by atoms with van der Waals surface area (Å²) in [7, 11) is 1.68. The molecule has 0 N–H and O–H groups in total. The van der Waals surface area contributed by atoms with Gasteiger partial charge in [0.05, 0.1) is 0 Å². The molecule has 0 spiro atoms. The van der Waals surface area contributed by atoms with Crippen LogP contribution in [0.3, 0.4) is 0 Å². The molecule has 0 aromatic heterocycles. The summed E-state index contributed by atoms with van der Waals surface area (Å²) in [4.78, 5) is 7.20. The molecule has 1 aromatic carbocycles. The minimum atomic E-state index is -2.03. The molecule has 0 saturated heterocycles. The average Bonchev–Trinajstić information content (AvgIpc) is 2.42. The molecule has 0 aliphatic rings.